The number of amides is 6. The molecule has 0 aromatic heterocycles. The van der Waals surface area contributed by atoms with Gasteiger partial charge in [-0.3, -0.25) is 19.2 Å². The summed E-state index contributed by atoms with van der Waals surface area (Å²) in [5.74, 6) is -2.13. The Bertz CT molecular complexity index is 3310. The lowest BCUT2D eigenvalue weighted by molar-refractivity contribution is -0.123. The number of carbonyl (C=O) groups excluding carboxylic acids is 8. The summed E-state index contributed by atoms with van der Waals surface area (Å²) in [6.07, 6.45) is -0.339. The normalized spacial score (nSPS) is 13.5. The van der Waals surface area contributed by atoms with Gasteiger partial charge in [-0.25, -0.2) is 19.2 Å². The molecular weight excluding hydrogens is 1140 g/mol. The molecule has 8 N–H and O–H groups in total. The number of carbonyl (C=O) groups is 8. The van der Waals surface area contributed by atoms with Crippen molar-refractivity contribution in [2.45, 2.75) is 115 Å². The molecule has 6 aromatic rings. The van der Waals surface area contributed by atoms with E-state index in [0.717, 1.165) is 44.5 Å². The summed E-state index contributed by atoms with van der Waals surface area (Å²) in [7, 11) is 0. The van der Waals surface area contributed by atoms with Crippen LogP contribution in [-0.2, 0) is 28.5 Å². The Balaban J connectivity index is 0.819. The Morgan fingerprint density at radius 1 is 0.389 bits per heavy atom. The van der Waals surface area contributed by atoms with E-state index in [1.807, 2.05) is 97.1 Å². The highest BCUT2D eigenvalue weighted by Crippen LogP contribution is 2.46. The van der Waals surface area contributed by atoms with Crippen molar-refractivity contribution in [1.82, 2.24) is 31.9 Å². The fourth-order valence-corrected chi connectivity index (χ4v) is 11.6. The average Bonchev–Trinajstić information content (AvgIpc) is 0.845. The summed E-state index contributed by atoms with van der Waals surface area (Å²) in [6.45, 7) is 11.6. The van der Waals surface area contributed by atoms with Gasteiger partial charge in [-0.15, -0.1) is 0 Å². The number of ketones is 2. The van der Waals surface area contributed by atoms with Crippen molar-refractivity contribution in [2.75, 3.05) is 63.1 Å². The molecule has 90 heavy (non-hydrogen) atoms. The number of fused-ring (bicyclic) bond motifs is 8. The predicted molar refractivity (Wildman–Crippen MR) is 343 cm³/mol. The van der Waals surface area contributed by atoms with E-state index in [-0.39, 0.29) is 111 Å². The number of anilines is 2. The number of unbranched alkanes of at least 4 members (excludes halogenated alkanes) is 2. The van der Waals surface area contributed by atoms with Gasteiger partial charge in [0.05, 0.1) is 11.1 Å². The number of hydrogen-bond donors (Lipinski definition) is 8. The molecule has 3 aliphatic carbocycles. The molecular formula is C70H80N8O12. The van der Waals surface area contributed by atoms with Crippen molar-refractivity contribution in [3.05, 3.63) is 178 Å². The van der Waals surface area contributed by atoms with E-state index in [9.17, 15) is 38.4 Å². The number of rotatable bonds is 26. The zero-order valence-electron chi connectivity index (χ0n) is 51.8. The fraction of sp³-hybridized carbons (Fsp3) is 0.371. The van der Waals surface area contributed by atoms with Crippen LogP contribution in [0.3, 0.4) is 0 Å². The van der Waals surface area contributed by atoms with Gasteiger partial charge in [0.15, 0.2) is 11.6 Å². The van der Waals surface area contributed by atoms with Crippen LogP contribution in [0, 0.1) is 0 Å². The third-order valence-corrected chi connectivity index (χ3v) is 15.6. The zero-order valence-corrected chi connectivity index (χ0v) is 51.8. The first kappa shape index (κ1) is 64.7. The molecule has 0 bridgehead atoms. The standard InChI is InChI=1S/C70H80N8O12/c1-69(2,3)89-65(83)75-35-19-17-31-57(77-67(85)87-41-53-47-25-11-7-21-43(47)44-22-8-12-26-48(44)53)63(81)73-39-37-71-55-33-34-56(60-59(55)61(79)51-29-15-16-30-52(51)62(60)80)72-38-40-74-64(82)58(32-18-20-36-76-66(84)90-70(4,5)6)78-68(86)88-42-54-49-27-13-9-23-45(49)46-24-10-14-28-50(46)54/h7-16,21-30,33-34,53-54,57-58,71-72H,17-20,31-32,35-42H2,1-6H3,(H,73,81)(H,74,82)(H,75,83)(H,76,84)(H,77,85)(H,78,86)/t57-,58-/m1/s1. The second-order valence-corrected chi connectivity index (χ2v) is 24.4. The van der Waals surface area contributed by atoms with E-state index in [4.69, 9.17) is 18.9 Å². The highest BCUT2D eigenvalue weighted by Gasteiger charge is 2.35. The molecule has 0 radical (unpaired) electrons. The van der Waals surface area contributed by atoms with Gasteiger partial charge >= 0.3 is 24.4 Å². The summed E-state index contributed by atoms with van der Waals surface area (Å²) < 4.78 is 22.3. The van der Waals surface area contributed by atoms with Crippen LogP contribution in [-0.4, -0.2) is 124 Å². The lowest BCUT2D eigenvalue weighted by Gasteiger charge is -2.24. The molecule has 0 saturated heterocycles. The van der Waals surface area contributed by atoms with E-state index in [0.29, 0.717) is 37.1 Å². The minimum atomic E-state index is -1.01. The Morgan fingerprint density at radius 2 is 0.711 bits per heavy atom. The summed E-state index contributed by atoms with van der Waals surface area (Å²) in [4.78, 5) is 108. The van der Waals surface area contributed by atoms with E-state index in [1.54, 1.807) is 77.9 Å². The van der Waals surface area contributed by atoms with E-state index < -0.39 is 59.5 Å². The second kappa shape index (κ2) is 29.5. The average molecular weight is 1230 g/mol. The number of hydrogen-bond acceptors (Lipinski definition) is 14. The first-order valence-electron chi connectivity index (χ1n) is 30.8. The molecule has 0 heterocycles. The monoisotopic (exact) mass is 1220 g/mol. The Kier molecular flexibility index (Phi) is 21.2. The first-order valence-corrected chi connectivity index (χ1v) is 30.8. The first-order chi connectivity index (χ1) is 43.2. The van der Waals surface area contributed by atoms with Crippen molar-refractivity contribution in [2.24, 2.45) is 0 Å². The van der Waals surface area contributed by atoms with Crippen molar-refractivity contribution >= 4 is 59.1 Å². The van der Waals surface area contributed by atoms with Crippen LogP contribution >= 0.6 is 0 Å². The molecule has 0 aliphatic heterocycles. The van der Waals surface area contributed by atoms with Crippen LogP contribution in [0.1, 0.15) is 146 Å². The topological polar surface area (TPSA) is 270 Å². The minimum absolute atomic E-state index is 0.0464. The predicted octanol–water partition coefficient (Wildman–Crippen LogP) is 10.7. The maximum absolute atomic E-state index is 14.4. The van der Waals surface area contributed by atoms with Gasteiger partial charge < -0.3 is 61.5 Å². The molecule has 6 aromatic carbocycles. The van der Waals surface area contributed by atoms with Gasteiger partial charge in [-0.1, -0.05) is 121 Å². The van der Waals surface area contributed by atoms with Crippen molar-refractivity contribution in [3.63, 3.8) is 0 Å². The Hall–Kier alpha value is -9.72. The van der Waals surface area contributed by atoms with Crippen LogP contribution in [0.25, 0.3) is 22.3 Å². The third kappa shape index (κ3) is 16.5. The minimum Gasteiger partial charge on any atom is -0.449 e. The molecule has 0 fully saturated rings. The number of nitrogens with one attached hydrogen (secondary N) is 8. The maximum atomic E-state index is 14.4. The molecule has 3 aliphatic rings. The van der Waals surface area contributed by atoms with Crippen molar-refractivity contribution in [3.8, 4) is 22.3 Å². The van der Waals surface area contributed by atoms with Crippen molar-refractivity contribution in [1.29, 1.82) is 0 Å². The molecule has 9 rings (SSSR count). The molecule has 20 heteroatoms. The van der Waals surface area contributed by atoms with Crippen LogP contribution in [0.5, 0.6) is 0 Å². The summed E-state index contributed by atoms with van der Waals surface area (Å²) >= 11 is 0. The van der Waals surface area contributed by atoms with E-state index in [1.165, 1.54) is 0 Å². The fourth-order valence-electron chi connectivity index (χ4n) is 11.6. The van der Waals surface area contributed by atoms with Gasteiger partial charge in [0, 0.05) is 73.6 Å². The third-order valence-electron chi connectivity index (χ3n) is 15.6. The molecule has 2 atom stereocenters. The molecule has 0 saturated carbocycles. The van der Waals surface area contributed by atoms with Gasteiger partial charge in [0.2, 0.25) is 11.8 Å². The smallest absolute Gasteiger partial charge is 0.407 e. The quantitative estimate of drug-likeness (QED) is 0.0185. The SMILES string of the molecule is CC(C)(C)OC(=O)NCCCC[C@@H](NC(=O)OCC1c2ccccc2-c2ccccc21)C(=O)NCCNc1ccc(NCCNC(=O)[C@@H](CCCCNC(=O)OC(C)(C)C)NC(=O)OCC2c3ccccc3-c3ccccc32)c2c1C(=O)c1ccccc1C2=O. The number of ether oxygens (including phenoxy) is 4. The second-order valence-electron chi connectivity index (χ2n) is 24.4. The Morgan fingerprint density at radius 3 is 1.04 bits per heavy atom. The molecule has 0 spiro atoms. The highest BCUT2D eigenvalue weighted by molar-refractivity contribution is 6.32. The zero-order chi connectivity index (χ0) is 64.0. The van der Waals surface area contributed by atoms with E-state index in [2.05, 4.69) is 42.5 Å². The maximum Gasteiger partial charge on any atom is 0.407 e. The summed E-state index contributed by atoms with van der Waals surface area (Å²) in [6, 6.07) is 39.8. The molecule has 0 unspecified atom stereocenters. The Labute approximate surface area is 524 Å². The van der Waals surface area contributed by atoms with Crippen LogP contribution in [0.4, 0.5) is 30.6 Å². The molecule has 20 nitrogen and oxygen atoms in total. The van der Waals surface area contributed by atoms with Gasteiger partial charge in [0.1, 0.15) is 36.5 Å². The van der Waals surface area contributed by atoms with Crippen molar-refractivity contribution < 1.29 is 57.3 Å². The van der Waals surface area contributed by atoms with Gasteiger partial charge in [-0.05, 0) is 137 Å². The summed E-state index contributed by atoms with van der Waals surface area (Å²) in [5, 5.41) is 23.3. The lowest BCUT2D eigenvalue weighted by Crippen LogP contribution is -2.48. The number of benzene rings is 6. The summed E-state index contributed by atoms with van der Waals surface area (Å²) in [5.41, 5.74) is 8.54. The van der Waals surface area contributed by atoms with Gasteiger partial charge in [0.25, 0.3) is 0 Å². The highest BCUT2D eigenvalue weighted by atomic mass is 16.6. The van der Waals surface area contributed by atoms with Crippen LogP contribution in [0.2, 0.25) is 0 Å². The molecule has 472 valence electrons. The molecule has 6 amide bonds. The van der Waals surface area contributed by atoms with Gasteiger partial charge in [-0.2, -0.15) is 0 Å². The lowest BCUT2D eigenvalue weighted by atomic mass is 9.82. The number of alkyl carbamates (subject to hydrolysis) is 4. The van der Waals surface area contributed by atoms with Crippen LogP contribution in [0.15, 0.2) is 133 Å². The largest absolute Gasteiger partial charge is 0.449 e. The van der Waals surface area contributed by atoms with E-state index >= 15 is 0 Å². The van der Waals surface area contributed by atoms with Crippen LogP contribution < -0.4 is 42.5 Å².